The van der Waals surface area contributed by atoms with E-state index in [2.05, 4.69) is 195 Å². The smallest absolute Gasteiger partial charge is 1.00 e. The summed E-state index contributed by atoms with van der Waals surface area (Å²) < 4.78 is 0. The Morgan fingerprint density at radius 1 is 0.364 bits per heavy atom. The molecule has 0 aromatic heterocycles. The monoisotopic (exact) mass is 740 g/mol. The van der Waals surface area contributed by atoms with E-state index in [9.17, 15) is 0 Å². The van der Waals surface area contributed by atoms with Gasteiger partial charge in [-0.3, -0.25) is 0 Å². The van der Waals surface area contributed by atoms with E-state index in [-0.39, 0.29) is 45.7 Å². The Hall–Kier alpha value is -2.82. The minimum atomic E-state index is -0.541. The van der Waals surface area contributed by atoms with Crippen LogP contribution in [0.3, 0.4) is 0 Å². The summed E-state index contributed by atoms with van der Waals surface area (Å²) in [5.74, 6) is 0. The van der Waals surface area contributed by atoms with Gasteiger partial charge < -0.3 is 31.1 Å². The first kappa shape index (κ1) is 37.4. The second-order valence-corrected chi connectivity index (χ2v) is 14.1. The number of para-hydroxylation sites is 1. The second-order valence-electron chi connectivity index (χ2n) is 9.73. The first-order valence-electron chi connectivity index (χ1n) is 13.8. The zero-order valence-corrected chi connectivity index (χ0v) is 29.7. The minimum absolute atomic E-state index is 0. The van der Waals surface area contributed by atoms with Gasteiger partial charge in [0.15, 0.2) is 0 Å². The van der Waals surface area contributed by atoms with E-state index in [1.54, 1.807) is 0 Å². The van der Waals surface area contributed by atoms with Crippen LogP contribution in [-0.2, 0) is 19.5 Å². The summed E-state index contributed by atoms with van der Waals surface area (Å²) in [6.45, 7) is 0. The molecule has 0 fully saturated rings. The van der Waals surface area contributed by atoms with Gasteiger partial charge in [-0.2, -0.15) is 0 Å². The van der Waals surface area contributed by atoms with Crippen molar-refractivity contribution in [3.8, 4) is 0 Å². The summed E-state index contributed by atoms with van der Waals surface area (Å²) in [4.78, 5) is 2.20. The molecule has 0 spiro atoms. The third-order valence-corrected chi connectivity index (χ3v) is 11.6. The van der Waals surface area contributed by atoms with E-state index in [1.807, 2.05) is 0 Å². The predicted octanol–water partition coefficient (Wildman–Crippen LogP) is 1.07. The number of nitrogens with zero attached hydrogens (tertiary/aromatic N) is 1. The predicted molar refractivity (Wildman–Crippen MR) is 186 cm³/mol. The van der Waals surface area contributed by atoms with Crippen LogP contribution in [0.5, 0.6) is 0 Å². The van der Waals surface area contributed by atoms with Gasteiger partial charge in [0.05, 0.1) is 0 Å². The topological polar surface area (TPSA) is 3.24 Å². The molecule has 225 valence electrons. The summed E-state index contributed by atoms with van der Waals surface area (Å²) >= 11 is 0. The number of hydrogen-bond donors (Lipinski definition) is 0. The Bertz CT molecular complexity index is 1480. The maximum absolute atomic E-state index is 2.26. The fourth-order valence-electron chi connectivity index (χ4n) is 4.79. The minimum Gasteiger partial charge on any atom is -1.00 e. The van der Waals surface area contributed by atoms with Gasteiger partial charge in [-0.1, -0.05) is 170 Å². The maximum Gasteiger partial charge on any atom is 3.00 e. The van der Waals surface area contributed by atoms with Crippen LogP contribution in [0.1, 0.15) is 1.43 Å². The van der Waals surface area contributed by atoms with Crippen LogP contribution in [0, 0.1) is 0 Å². The third-order valence-electron chi connectivity index (χ3n) is 6.68. The van der Waals surface area contributed by atoms with Crippen LogP contribution < -0.4 is 61.5 Å². The molecule has 0 amide bonds. The zero-order chi connectivity index (χ0) is 28.3. The molecule has 0 aliphatic heterocycles. The van der Waals surface area contributed by atoms with Crippen molar-refractivity contribution in [3.05, 3.63) is 176 Å². The molecule has 0 saturated heterocycles. The number of anilines is 1. The molecule has 0 atom stereocenters. The fourth-order valence-corrected chi connectivity index (χ4v) is 9.63. The van der Waals surface area contributed by atoms with E-state index in [1.165, 1.54) is 37.5 Å². The van der Waals surface area contributed by atoms with Crippen molar-refractivity contribution in [2.45, 2.75) is 0 Å². The average molecular weight is 741 g/mol. The van der Waals surface area contributed by atoms with E-state index < -0.39 is 15.8 Å². The van der Waals surface area contributed by atoms with Gasteiger partial charge in [0.2, 0.25) is 0 Å². The quantitative estimate of drug-likeness (QED) is 0.175. The van der Waals surface area contributed by atoms with Gasteiger partial charge in [0.25, 0.3) is 0 Å². The van der Waals surface area contributed by atoms with Crippen molar-refractivity contribution < 1.29 is 45.7 Å². The van der Waals surface area contributed by atoms with Crippen molar-refractivity contribution in [1.82, 2.24) is 0 Å². The third kappa shape index (κ3) is 9.84. The molecule has 6 heteroatoms. The Kier molecular flexibility index (Phi) is 16.6. The first-order chi connectivity index (χ1) is 20.2. The van der Waals surface area contributed by atoms with Crippen molar-refractivity contribution in [2.75, 3.05) is 19.0 Å². The molecule has 0 bridgehead atoms. The molecule has 1 nitrogen and oxygen atoms in total. The molecule has 6 aromatic carbocycles. The SMILES string of the molecule is CN(C)c1ccccc1P(c1ccccc1)c1ccccc1.[Cl-].[Cl-].[H-].[Ru+3].c1ccc(P(c2ccccc2)c2ccccc2)cc1. The number of halogens is 2. The van der Waals surface area contributed by atoms with Crippen LogP contribution in [-0.4, -0.2) is 14.1 Å². The molecular weight excluding hydrogens is 704 g/mol. The summed E-state index contributed by atoms with van der Waals surface area (Å²) in [5.41, 5.74) is 1.29. The molecule has 0 aliphatic rings. The molecular formula is C38H36Cl2NP2Ru. The summed E-state index contributed by atoms with van der Waals surface area (Å²) in [6.07, 6.45) is 0. The molecule has 0 heterocycles. The van der Waals surface area contributed by atoms with Crippen LogP contribution in [0.25, 0.3) is 0 Å². The van der Waals surface area contributed by atoms with Gasteiger partial charge in [-0.05, 0) is 48.4 Å². The van der Waals surface area contributed by atoms with Crippen LogP contribution in [0.4, 0.5) is 5.69 Å². The fraction of sp³-hybridized carbons (Fsp3) is 0.0526. The van der Waals surface area contributed by atoms with E-state index >= 15 is 0 Å². The maximum atomic E-state index is 2.26. The molecule has 1 radical (unpaired) electrons. The Morgan fingerprint density at radius 3 is 0.909 bits per heavy atom. The van der Waals surface area contributed by atoms with Crippen LogP contribution in [0.15, 0.2) is 176 Å². The van der Waals surface area contributed by atoms with E-state index in [0.29, 0.717) is 0 Å². The molecule has 6 aromatic rings. The molecule has 6 rings (SSSR count). The van der Waals surface area contributed by atoms with Crippen molar-refractivity contribution in [3.63, 3.8) is 0 Å². The van der Waals surface area contributed by atoms with Gasteiger partial charge in [-0.25, -0.2) is 0 Å². The van der Waals surface area contributed by atoms with Crippen LogP contribution >= 0.6 is 15.8 Å². The van der Waals surface area contributed by atoms with Crippen molar-refractivity contribution in [1.29, 1.82) is 0 Å². The summed E-state index contributed by atoms with van der Waals surface area (Å²) in [6, 6.07) is 62.7. The number of hydrogen-bond acceptors (Lipinski definition) is 1. The Labute approximate surface area is 292 Å². The molecule has 0 aliphatic carbocycles. The summed E-state index contributed by atoms with van der Waals surface area (Å²) in [7, 11) is 3.24. The number of benzene rings is 6. The molecule has 0 saturated carbocycles. The standard InChI is InChI=1S/C20H20NP.C18H15P.2ClH.Ru.H/c1-21(2)19-15-9-10-16-20(19)22(17-11-5-3-6-12-17)18-13-7-4-8-14-18;1-4-10-16(11-5-1)19(17-12-6-2-7-13-17)18-14-8-3-9-15-18;;;;/h3-16H,1-2H3;1-15H;2*1H;;/q;;;;+3;-1/p-2. The van der Waals surface area contributed by atoms with E-state index in [4.69, 9.17) is 0 Å². The van der Waals surface area contributed by atoms with Gasteiger partial charge >= 0.3 is 19.5 Å². The zero-order valence-electron chi connectivity index (χ0n) is 25.7. The molecule has 0 N–H and O–H groups in total. The molecule has 44 heavy (non-hydrogen) atoms. The first-order valence-corrected chi connectivity index (χ1v) is 16.5. The van der Waals surface area contributed by atoms with Crippen molar-refractivity contribution in [2.24, 2.45) is 0 Å². The summed E-state index contributed by atoms with van der Waals surface area (Å²) in [5, 5.41) is 8.37. The van der Waals surface area contributed by atoms with Crippen LogP contribution in [0.2, 0.25) is 0 Å². The normalized spacial score (nSPS) is 9.91. The Balaban J connectivity index is 0.000000417. The largest absolute Gasteiger partial charge is 3.00 e. The number of rotatable bonds is 7. The van der Waals surface area contributed by atoms with Gasteiger partial charge in [0, 0.05) is 25.1 Å². The van der Waals surface area contributed by atoms with Gasteiger partial charge in [-0.15, -0.1) is 0 Å². The van der Waals surface area contributed by atoms with Crippen molar-refractivity contribution >= 4 is 53.4 Å². The van der Waals surface area contributed by atoms with E-state index in [0.717, 1.165) is 0 Å². The molecule has 0 unspecified atom stereocenters. The average Bonchev–Trinajstić information content (AvgIpc) is 3.04. The Morgan fingerprint density at radius 2 is 0.614 bits per heavy atom. The van der Waals surface area contributed by atoms with Gasteiger partial charge in [0.1, 0.15) is 0 Å². The second kappa shape index (κ2) is 19.5.